The van der Waals surface area contributed by atoms with Gasteiger partial charge < -0.3 is 4.90 Å². The number of nitrogens with one attached hydrogen (secondary N) is 1. The van der Waals surface area contributed by atoms with E-state index in [-0.39, 0.29) is 5.54 Å². The molecule has 1 aliphatic carbocycles. The first-order valence-electron chi connectivity index (χ1n) is 8.00. The molecule has 0 spiro atoms. The normalized spacial score (nSPS) is 27.1. The van der Waals surface area contributed by atoms with Gasteiger partial charge in [-0.3, -0.25) is 5.32 Å². The second kappa shape index (κ2) is 7.87. The van der Waals surface area contributed by atoms with E-state index in [4.69, 9.17) is 0 Å². The number of nitrogens with zero attached hydrogens (tertiary/aromatic N) is 2. The van der Waals surface area contributed by atoms with Crippen molar-refractivity contribution in [2.45, 2.75) is 71.4 Å². The van der Waals surface area contributed by atoms with Crippen molar-refractivity contribution in [3.05, 3.63) is 0 Å². The van der Waals surface area contributed by atoms with Gasteiger partial charge in [-0.25, -0.2) is 0 Å². The molecule has 0 aliphatic heterocycles. The van der Waals surface area contributed by atoms with Crippen LogP contribution in [0.5, 0.6) is 0 Å². The van der Waals surface area contributed by atoms with Crippen molar-refractivity contribution in [1.29, 1.82) is 5.26 Å². The van der Waals surface area contributed by atoms with Gasteiger partial charge in [-0.15, -0.1) is 0 Å². The van der Waals surface area contributed by atoms with E-state index in [1.165, 1.54) is 25.8 Å². The summed E-state index contributed by atoms with van der Waals surface area (Å²) in [6.07, 6.45) is 5.79. The van der Waals surface area contributed by atoms with Crippen LogP contribution >= 0.6 is 0 Å². The Morgan fingerprint density at radius 3 is 2.63 bits per heavy atom. The summed E-state index contributed by atoms with van der Waals surface area (Å²) in [6, 6.07) is 3.19. The minimum atomic E-state index is -0.246. The third kappa shape index (κ3) is 4.19. The van der Waals surface area contributed by atoms with Crippen LogP contribution in [0.3, 0.4) is 0 Å². The zero-order valence-corrected chi connectivity index (χ0v) is 13.2. The molecule has 3 heteroatoms. The average Bonchev–Trinajstić information content (AvgIpc) is 2.78. The van der Waals surface area contributed by atoms with Crippen molar-refractivity contribution >= 4 is 0 Å². The Balaban J connectivity index is 2.57. The molecule has 0 amide bonds. The molecule has 1 aliphatic rings. The third-order valence-corrected chi connectivity index (χ3v) is 4.52. The molecule has 19 heavy (non-hydrogen) atoms. The second-order valence-corrected chi connectivity index (χ2v) is 6.12. The summed E-state index contributed by atoms with van der Waals surface area (Å²) in [4.78, 5) is 2.55. The topological polar surface area (TPSA) is 39.1 Å². The Kier molecular flexibility index (Phi) is 6.82. The highest BCUT2D eigenvalue weighted by Crippen LogP contribution is 2.37. The van der Waals surface area contributed by atoms with Crippen LogP contribution in [0.15, 0.2) is 0 Å². The van der Waals surface area contributed by atoms with Gasteiger partial charge in [0.2, 0.25) is 0 Å². The van der Waals surface area contributed by atoms with Gasteiger partial charge >= 0.3 is 0 Å². The number of rotatable bonds is 8. The predicted molar refractivity (Wildman–Crippen MR) is 81.0 cm³/mol. The fraction of sp³-hybridized carbons (Fsp3) is 0.938. The van der Waals surface area contributed by atoms with E-state index in [0.29, 0.717) is 12.0 Å². The highest BCUT2D eigenvalue weighted by Gasteiger charge is 2.42. The van der Waals surface area contributed by atoms with E-state index in [2.05, 4.69) is 44.0 Å². The molecule has 3 nitrogen and oxygen atoms in total. The number of nitriles is 1. The molecule has 1 saturated carbocycles. The van der Waals surface area contributed by atoms with E-state index < -0.39 is 0 Å². The van der Waals surface area contributed by atoms with E-state index in [1.807, 2.05) is 0 Å². The van der Waals surface area contributed by atoms with E-state index >= 15 is 0 Å². The van der Waals surface area contributed by atoms with Crippen molar-refractivity contribution in [2.75, 3.05) is 19.6 Å². The summed E-state index contributed by atoms with van der Waals surface area (Å²) < 4.78 is 0. The third-order valence-electron chi connectivity index (χ3n) is 4.52. The molecular formula is C16H31N3. The van der Waals surface area contributed by atoms with Crippen LogP contribution in [0.2, 0.25) is 0 Å². The lowest BCUT2D eigenvalue weighted by molar-refractivity contribution is 0.189. The Hall–Kier alpha value is -0.590. The van der Waals surface area contributed by atoms with Crippen LogP contribution in [-0.2, 0) is 0 Å². The standard InChI is InChI=1S/C16H31N3/c1-5-11-19(14(3)4)12-9-15-8-7-10-16(15,13-17)18-6-2/h14-15,18H,5-12H2,1-4H3. The fourth-order valence-corrected chi connectivity index (χ4v) is 3.44. The Labute approximate surface area is 119 Å². The number of hydrogen-bond acceptors (Lipinski definition) is 3. The van der Waals surface area contributed by atoms with Crippen LogP contribution in [0.1, 0.15) is 59.8 Å². The van der Waals surface area contributed by atoms with Crippen LogP contribution in [-0.4, -0.2) is 36.1 Å². The predicted octanol–water partition coefficient (Wildman–Crippen LogP) is 3.17. The van der Waals surface area contributed by atoms with Crippen LogP contribution in [0.25, 0.3) is 0 Å². The smallest absolute Gasteiger partial charge is 0.109 e. The van der Waals surface area contributed by atoms with Gasteiger partial charge in [0, 0.05) is 6.04 Å². The zero-order chi connectivity index (χ0) is 14.3. The van der Waals surface area contributed by atoms with Gasteiger partial charge in [0.15, 0.2) is 0 Å². The zero-order valence-electron chi connectivity index (χ0n) is 13.2. The van der Waals surface area contributed by atoms with E-state index in [1.54, 1.807) is 0 Å². The summed E-state index contributed by atoms with van der Waals surface area (Å²) in [5.74, 6) is 0.524. The summed E-state index contributed by atoms with van der Waals surface area (Å²) in [6.45, 7) is 12.1. The Morgan fingerprint density at radius 2 is 2.11 bits per heavy atom. The highest BCUT2D eigenvalue weighted by atomic mass is 15.1. The summed E-state index contributed by atoms with van der Waals surface area (Å²) >= 11 is 0. The molecule has 1 rings (SSSR count). The maximum Gasteiger partial charge on any atom is 0.109 e. The van der Waals surface area contributed by atoms with Gasteiger partial charge in [0.05, 0.1) is 6.07 Å². The highest BCUT2D eigenvalue weighted by molar-refractivity contribution is 5.14. The van der Waals surface area contributed by atoms with Gasteiger partial charge in [0.25, 0.3) is 0 Å². The molecule has 1 N–H and O–H groups in total. The Bertz CT molecular complexity index is 295. The van der Waals surface area contributed by atoms with Crippen LogP contribution in [0.4, 0.5) is 0 Å². The molecule has 0 heterocycles. The van der Waals surface area contributed by atoms with Gasteiger partial charge in [-0.05, 0) is 65.1 Å². The first-order chi connectivity index (χ1) is 9.09. The monoisotopic (exact) mass is 265 g/mol. The lowest BCUT2D eigenvalue weighted by Gasteiger charge is -2.33. The van der Waals surface area contributed by atoms with Crippen LogP contribution < -0.4 is 5.32 Å². The molecule has 0 radical (unpaired) electrons. The quantitative estimate of drug-likeness (QED) is 0.732. The van der Waals surface area contributed by atoms with Crippen molar-refractivity contribution in [3.63, 3.8) is 0 Å². The fourth-order valence-electron chi connectivity index (χ4n) is 3.44. The minimum absolute atomic E-state index is 0.246. The first kappa shape index (κ1) is 16.5. The maximum atomic E-state index is 9.57. The number of hydrogen-bond donors (Lipinski definition) is 1. The molecule has 0 aromatic rings. The molecule has 0 bridgehead atoms. The van der Waals surface area contributed by atoms with Crippen molar-refractivity contribution in [3.8, 4) is 6.07 Å². The van der Waals surface area contributed by atoms with Crippen LogP contribution in [0, 0.1) is 17.2 Å². The largest absolute Gasteiger partial charge is 0.301 e. The summed E-state index contributed by atoms with van der Waals surface area (Å²) in [7, 11) is 0. The van der Waals surface area contributed by atoms with Gasteiger partial charge in [-0.1, -0.05) is 20.3 Å². The second-order valence-electron chi connectivity index (χ2n) is 6.12. The Morgan fingerprint density at radius 1 is 1.37 bits per heavy atom. The van der Waals surface area contributed by atoms with Gasteiger partial charge in [0.1, 0.15) is 5.54 Å². The molecule has 2 unspecified atom stereocenters. The van der Waals surface area contributed by atoms with Gasteiger partial charge in [-0.2, -0.15) is 5.26 Å². The molecule has 110 valence electrons. The molecule has 1 fully saturated rings. The van der Waals surface area contributed by atoms with E-state index in [9.17, 15) is 5.26 Å². The lowest BCUT2D eigenvalue weighted by atomic mass is 9.85. The summed E-state index contributed by atoms with van der Waals surface area (Å²) in [5.41, 5.74) is -0.246. The molecule has 0 aromatic carbocycles. The average molecular weight is 265 g/mol. The van der Waals surface area contributed by atoms with E-state index in [0.717, 1.165) is 25.9 Å². The molecular weight excluding hydrogens is 234 g/mol. The van der Waals surface area contributed by atoms with Crippen molar-refractivity contribution in [1.82, 2.24) is 10.2 Å². The molecule has 2 atom stereocenters. The lowest BCUT2D eigenvalue weighted by Crippen LogP contribution is -2.48. The summed E-state index contributed by atoms with van der Waals surface area (Å²) in [5, 5.41) is 13.0. The maximum absolute atomic E-state index is 9.57. The first-order valence-corrected chi connectivity index (χ1v) is 8.00. The van der Waals surface area contributed by atoms with Crippen molar-refractivity contribution in [2.24, 2.45) is 5.92 Å². The minimum Gasteiger partial charge on any atom is -0.301 e. The molecule has 0 aromatic heterocycles. The molecule has 0 saturated heterocycles. The SMILES string of the molecule is CCCN(CCC1CCCC1(C#N)NCC)C(C)C. The van der Waals surface area contributed by atoms with Crippen molar-refractivity contribution < 1.29 is 0 Å².